The van der Waals surface area contributed by atoms with E-state index in [-0.39, 0.29) is 5.91 Å². The van der Waals surface area contributed by atoms with Gasteiger partial charge in [-0.25, -0.2) is 0 Å². The minimum Gasteiger partial charge on any atom is -0.487 e. The van der Waals surface area contributed by atoms with Gasteiger partial charge in [0, 0.05) is 22.7 Å². The summed E-state index contributed by atoms with van der Waals surface area (Å²) >= 11 is 0. The molecular formula is C31H25N3O3. The van der Waals surface area contributed by atoms with Crippen LogP contribution >= 0.6 is 0 Å². The number of aromatic nitrogens is 1. The SMILES string of the molecule is O=C(NNC(=O)c1ccccc1Cc1ccccc1)c1ccc(COc2cccc3cccnc23)cc1. The van der Waals surface area contributed by atoms with Crippen LogP contribution in [-0.4, -0.2) is 16.8 Å². The molecule has 0 aliphatic rings. The first-order valence-electron chi connectivity index (χ1n) is 12.0. The summed E-state index contributed by atoms with van der Waals surface area (Å²) in [4.78, 5) is 29.8. The Balaban J connectivity index is 1.18. The molecule has 0 aliphatic carbocycles. The minimum atomic E-state index is -0.403. The number of ether oxygens (including phenoxy) is 1. The zero-order valence-corrected chi connectivity index (χ0v) is 20.1. The Morgan fingerprint density at radius 3 is 2.24 bits per heavy atom. The van der Waals surface area contributed by atoms with Gasteiger partial charge in [-0.3, -0.25) is 25.4 Å². The molecular weight excluding hydrogens is 462 g/mol. The molecule has 182 valence electrons. The monoisotopic (exact) mass is 487 g/mol. The van der Waals surface area contributed by atoms with Gasteiger partial charge in [-0.1, -0.05) is 78.9 Å². The molecule has 4 aromatic carbocycles. The van der Waals surface area contributed by atoms with Crippen molar-refractivity contribution in [2.45, 2.75) is 13.0 Å². The van der Waals surface area contributed by atoms with Crippen molar-refractivity contribution in [1.82, 2.24) is 15.8 Å². The second-order valence-corrected chi connectivity index (χ2v) is 8.54. The lowest BCUT2D eigenvalue weighted by Crippen LogP contribution is -2.42. The number of nitrogens with zero attached hydrogens (tertiary/aromatic N) is 1. The van der Waals surface area contributed by atoms with E-state index < -0.39 is 5.91 Å². The van der Waals surface area contributed by atoms with E-state index in [0.717, 1.165) is 27.6 Å². The maximum absolute atomic E-state index is 12.8. The Morgan fingerprint density at radius 1 is 0.676 bits per heavy atom. The molecule has 0 spiro atoms. The largest absolute Gasteiger partial charge is 0.487 e. The number of carbonyl (C=O) groups is 2. The van der Waals surface area contributed by atoms with Gasteiger partial charge >= 0.3 is 0 Å². The summed E-state index contributed by atoms with van der Waals surface area (Å²) in [6.45, 7) is 0.340. The van der Waals surface area contributed by atoms with E-state index in [9.17, 15) is 9.59 Å². The van der Waals surface area contributed by atoms with Gasteiger partial charge in [-0.2, -0.15) is 0 Å². The third-order valence-corrected chi connectivity index (χ3v) is 6.00. The number of fused-ring (bicyclic) bond motifs is 1. The molecule has 0 atom stereocenters. The highest BCUT2D eigenvalue weighted by Crippen LogP contribution is 2.24. The molecule has 5 rings (SSSR count). The molecule has 0 radical (unpaired) electrons. The first kappa shape index (κ1) is 23.8. The summed E-state index contributed by atoms with van der Waals surface area (Å²) in [6.07, 6.45) is 2.36. The molecule has 2 amide bonds. The van der Waals surface area contributed by atoms with E-state index in [0.29, 0.717) is 29.9 Å². The summed E-state index contributed by atoms with van der Waals surface area (Å²) < 4.78 is 5.97. The third kappa shape index (κ3) is 5.82. The first-order chi connectivity index (χ1) is 18.2. The molecule has 0 saturated heterocycles. The Labute approximate surface area is 214 Å². The molecule has 0 bridgehead atoms. The molecule has 5 aromatic rings. The van der Waals surface area contributed by atoms with E-state index in [1.807, 2.05) is 84.9 Å². The standard InChI is InChI=1S/C31H25N3O3/c35-30(33-34-31(36)27-13-5-4-10-26(27)20-22-8-2-1-3-9-22)25-17-15-23(16-18-25)21-37-28-14-6-11-24-12-7-19-32-29(24)28/h1-19H,20-21H2,(H,33,35)(H,34,36). The van der Waals surface area contributed by atoms with Crippen LogP contribution in [0.25, 0.3) is 10.9 Å². The first-order valence-corrected chi connectivity index (χ1v) is 12.0. The van der Waals surface area contributed by atoms with Crippen LogP contribution in [0.3, 0.4) is 0 Å². The van der Waals surface area contributed by atoms with Crippen LogP contribution in [0.4, 0.5) is 0 Å². The summed E-state index contributed by atoms with van der Waals surface area (Å²) in [5.41, 5.74) is 9.68. The van der Waals surface area contributed by atoms with Crippen molar-refractivity contribution in [3.8, 4) is 5.75 Å². The summed E-state index contributed by atoms with van der Waals surface area (Å²) in [5.74, 6) is -0.0663. The van der Waals surface area contributed by atoms with Gasteiger partial charge < -0.3 is 4.74 Å². The van der Waals surface area contributed by atoms with Crippen LogP contribution in [0.15, 0.2) is 115 Å². The molecule has 0 fully saturated rings. The van der Waals surface area contributed by atoms with Crippen LogP contribution in [0, 0.1) is 0 Å². The molecule has 0 unspecified atom stereocenters. The van der Waals surface area contributed by atoms with E-state index in [1.165, 1.54) is 0 Å². The maximum Gasteiger partial charge on any atom is 0.269 e. The van der Waals surface area contributed by atoms with Gasteiger partial charge in [0.2, 0.25) is 0 Å². The highest BCUT2D eigenvalue weighted by molar-refractivity contribution is 5.99. The van der Waals surface area contributed by atoms with Crippen LogP contribution in [0.1, 0.15) is 37.4 Å². The molecule has 0 saturated carbocycles. The molecule has 2 N–H and O–H groups in total. The Hall–Kier alpha value is -4.97. The Bertz CT molecular complexity index is 1530. The van der Waals surface area contributed by atoms with Gasteiger partial charge in [0.15, 0.2) is 0 Å². The minimum absolute atomic E-state index is 0.340. The van der Waals surface area contributed by atoms with Crippen molar-refractivity contribution in [1.29, 1.82) is 0 Å². The van der Waals surface area contributed by atoms with Gasteiger partial charge in [0.25, 0.3) is 11.8 Å². The molecule has 1 aromatic heterocycles. The van der Waals surface area contributed by atoms with Crippen LogP contribution in [0.5, 0.6) is 5.75 Å². The van der Waals surface area contributed by atoms with Crippen LogP contribution in [0.2, 0.25) is 0 Å². The Morgan fingerprint density at radius 2 is 1.41 bits per heavy atom. The van der Waals surface area contributed by atoms with Crippen molar-refractivity contribution in [3.05, 3.63) is 143 Å². The van der Waals surface area contributed by atoms with Gasteiger partial charge in [-0.15, -0.1) is 0 Å². The summed E-state index contributed by atoms with van der Waals surface area (Å²) in [7, 11) is 0. The number of hydrazine groups is 1. The number of hydrogen-bond donors (Lipinski definition) is 2. The normalized spacial score (nSPS) is 10.6. The van der Waals surface area contributed by atoms with Crippen molar-refractivity contribution >= 4 is 22.7 Å². The Kier molecular flexibility index (Phi) is 7.18. The summed E-state index contributed by atoms with van der Waals surface area (Å²) in [6, 6.07) is 34.0. The maximum atomic E-state index is 12.8. The van der Waals surface area contributed by atoms with Gasteiger partial charge in [0.05, 0.1) is 0 Å². The second-order valence-electron chi connectivity index (χ2n) is 8.54. The quantitative estimate of drug-likeness (QED) is 0.298. The van der Waals surface area contributed by atoms with Crippen molar-refractivity contribution in [2.24, 2.45) is 0 Å². The van der Waals surface area contributed by atoms with Crippen molar-refractivity contribution in [2.75, 3.05) is 0 Å². The number of nitrogens with one attached hydrogen (secondary N) is 2. The number of pyridine rings is 1. The number of amides is 2. The fourth-order valence-corrected chi connectivity index (χ4v) is 4.07. The smallest absolute Gasteiger partial charge is 0.269 e. The second kappa shape index (κ2) is 11.2. The molecule has 6 heteroatoms. The number of hydrogen-bond acceptors (Lipinski definition) is 4. The summed E-state index contributed by atoms with van der Waals surface area (Å²) in [5, 5.41) is 1.01. The lowest BCUT2D eigenvalue weighted by molar-refractivity contribution is 0.0846. The average molecular weight is 488 g/mol. The fraction of sp³-hybridized carbons (Fsp3) is 0.0645. The van der Waals surface area contributed by atoms with E-state index >= 15 is 0 Å². The van der Waals surface area contributed by atoms with E-state index in [1.54, 1.807) is 30.5 Å². The molecule has 0 aliphatic heterocycles. The molecule has 6 nitrogen and oxygen atoms in total. The molecule has 37 heavy (non-hydrogen) atoms. The highest BCUT2D eigenvalue weighted by Gasteiger charge is 2.13. The van der Waals surface area contributed by atoms with Crippen LogP contribution in [-0.2, 0) is 13.0 Å². The zero-order chi connectivity index (χ0) is 25.5. The third-order valence-electron chi connectivity index (χ3n) is 6.00. The lowest BCUT2D eigenvalue weighted by atomic mass is 9.99. The predicted molar refractivity (Wildman–Crippen MR) is 143 cm³/mol. The van der Waals surface area contributed by atoms with E-state index in [2.05, 4.69) is 15.8 Å². The van der Waals surface area contributed by atoms with E-state index in [4.69, 9.17) is 4.74 Å². The van der Waals surface area contributed by atoms with Crippen molar-refractivity contribution < 1.29 is 14.3 Å². The average Bonchev–Trinajstić information content (AvgIpc) is 2.95. The number of benzene rings is 4. The number of rotatable bonds is 7. The van der Waals surface area contributed by atoms with Crippen LogP contribution < -0.4 is 15.6 Å². The lowest BCUT2D eigenvalue weighted by Gasteiger charge is -2.12. The van der Waals surface area contributed by atoms with Crippen molar-refractivity contribution in [3.63, 3.8) is 0 Å². The highest BCUT2D eigenvalue weighted by atomic mass is 16.5. The number of carbonyl (C=O) groups excluding carboxylic acids is 2. The topological polar surface area (TPSA) is 80.3 Å². The van der Waals surface area contributed by atoms with Gasteiger partial charge in [-0.05, 0) is 53.4 Å². The predicted octanol–water partition coefficient (Wildman–Crippen LogP) is 5.48. The van der Waals surface area contributed by atoms with Gasteiger partial charge in [0.1, 0.15) is 17.9 Å². The zero-order valence-electron chi connectivity index (χ0n) is 20.1. The number of para-hydroxylation sites is 1. The molecule has 1 heterocycles. The fourth-order valence-electron chi connectivity index (χ4n) is 4.07.